The first-order valence-corrected chi connectivity index (χ1v) is 23.2. The Labute approximate surface area is 408 Å². The van der Waals surface area contributed by atoms with Crippen molar-refractivity contribution in [2.24, 2.45) is 0 Å². The Bertz CT molecular complexity index is 2780. The number of alkyl halides is 4. The number of carbonyl (C=O) groups excluding carboxylic acids is 1. The topological polar surface area (TPSA) is 168 Å². The van der Waals surface area contributed by atoms with E-state index >= 15 is 0 Å². The molecule has 16 nitrogen and oxygen atoms in total. The van der Waals surface area contributed by atoms with Crippen LogP contribution in [-0.4, -0.2) is 135 Å². The van der Waals surface area contributed by atoms with Crippen LogP contribution in [-0.2, 0) is 32.1 Å². The maximum absolute atomic E-state index is 14.8. The van der Waals surface area contributed by atoms with Crippen LogP contribution in [0.5, 0.6) is 11.5 Å². The fourth-order valence-electron chi connectivity index (χ4n) is 7.94. The molecule has 2 atom stereocenters. The molecule has 6 aromatic rings. The van der Waals surface area contributed by atoms with Crippen LogP contribution in [0.4, 0.5) is 28.9 Å². The van der Waals surface area contributed by atoms with Gasteiger partial charge in [0.25, 0.3) is 11.5 Å². The standard InChI is InChI=1S/C51H58F4N8O8/c1-35-49(36(2)71-60-35)38-9-14-48(65)62(31-38)30-37-6-4-8-42(28-37)70-33-47(64)57-19-21-66-22-23-67-24-25-68-26-27-69-41-12-10-39(11-13-41)56-17-5-7-40-29-43-45(59-46-16-20-61(3)32-44(46)52)15-18-58-50(43)63(40)34-51(53,54)55/h4,6,8-15,18,28-29,31,44,46,56H,16-17,19-27,30,32-34H2,1-3H3,(H,57,64)(H,58,59)/t44-,46+/m0/s1. The van der Waals surface area contributed by atoms with Gasteiger partial charge in [-0.25, -0.2) is 9.37 Å². The summed E-state index contributed by atoms with van der Waals surface area (Å²) < 4.78 is 91.8. The number of nitrogens with zero attached hydrogens (tertiary/aromatic N) is 5. The SMILES string of the molecule is Cc1noc(C)c1-c1ccc(=O)n(Cc2cccc(OCC(=O)NCCOCCOCCOCCOc3ccc(NCC#Cc4cc5c(N[C@@H]6CCN(C)C[C@@H]6F)ccnc5n4CC(F)(F)F)cc3)c2)c1. The van der Waals surface area contributed by atoms with E-state index in [4.69, 9.17) is 28.2 Å². The number of amides is 1. The number of anilines is 2. The molecular formula is C51H58F4N8O8. The molecule has 1 fully saturated rings. The quantitative estimate of drug-likeness (QED) is 0.0337. The Morgan fingerprint density at radius 2 is 1.68 bits per heavy atom. The average molecular weight is 987 g/mol. The Morgan fingerprint density at radius 1 is 0.915 bits per heavy atom. The summed E-state index contributed by atoms with van der Waals surface area (Å²) in [5.41, 5.74) is 4.64. The highest BCUT2D eigenvalue weighted by molar-refractivity contribution is 5.91. The lowest BCUT2D eigenvalue weighted by molar-refractivity contribution is -0.140. The van der Waals surface area contributed by atoms with Gasteiger partial charge in [0.1, 0.15) is 42.2 Å². The van der Waals surface area contributed by atoms with Crippen molar-refractivity contribution in [3.05, 3.63) is 118 Å². The highest BCUT2D eigenvalue weighted by Crippen LogP contribution is 2.31. The van der Waals surface area contributed by atoms with Crippen molar-refractivity contribution in [3.8, 4) is 34.5 Å². The normalized spacial score (nSPS) is 15.0. The van der Waals surface area contributed by atoms with E-state index in [0.717, 1.165) is 32.6 Å². The minimum Gasteiger partial charge on any atom is -0.491 e. The second-order valence-corrected chi connectivity index (χ2v) is 16.9. The summed E-state index contributed by atoms with van der Waals surface area (Å²) in [6.07, 6.45) is -1.87. The summed E-state index contributed by atoms with van der Waals surface area (Å²) in [5, 5.41) is 13.6. The summed E-state index contributed by atoms with van der Waals surface area (Å²) in [4.78, 5) is 31.1. The highest BCUT2D eigenvalue weighted by atomic mass is 19.4. The number of piperidine rings is 1. The number of hydrogen-bond donors (Lipinski definition) is 3. The second kappa shape index (κ2) is 25.3. The van der Waals surface area contributed by atoms with Gasteiger partial charge < -0.3 is 58.2 Å². The molecule has 1 aliphatic rings. The maximum atomic E-state index is 14.8. The molecule has 0 bridgehead atoms. The molecule has 1 aliphatic heterocycles. The Kier molecular flexibility index (Phi) is 18.5. The third kappa shape index (κ3) is 15.5. The van der Waals surface area contributed by atoms with Gasteiger partial charge in [0.05, 0.1) is 70.2 Å². The van der Waals surface area contributed by atoms with Crippen molar-refractivity contribution >= 4 is 28.3 Å². The molecule has 0 spiro atoms. The number of halogens is 4. The molecule has 5 heterocycles. The van der Waals surface area contributed by atoms with E-state index in [-0.39, 0.29) is 42.5 Å². The predicted molar refractivity (Wildman–Crippen MR) is 260 cm³/mol. The van der Waals surface area contributed by atoms with E-state index < -0.39 is 24.9 Å². The summed E-state index contributed by atoms with van der Waals surface area (Å²) in [6.45, 7) is 6.40. The molecule has 2 aromatic carbocycles. The number of benzene rings is 2. The smallest absolute Gasteiger partial charge is 0.406 e. The van der Waals surface area contributed by atoms with E-state index in [9.17, 15) is 27.2 Å². The lowest BCUT2D eigenvalue weighted by Crippen LogP contribution is -2.46. The summed E-state index contributed by atoms with van der Waals surface area (Å²) >= 11 is 0. The van der Waals surface area contributed by atoms with Gasteiger partial charge in [-0.3, -0.25) is 9.59 Å². The summed E-state index contributed by atoms with van der Waals surface area (Å²) in [5.74, 6) is 7.28. The van der Waals surface area contributed by atoms with Crippen molar-refractivity contribution in [1.82, 2.24) is 29.5 Å². The van der Waals surface area contributed by atoms with Crippen molar-refractivity contribution in [2.45, 2.75) is 51.7 Å². The number of nitrogens with one attached hydrogen (secondary N) is 3. The zero-order chi connectivity index (χ0) is 50.2. The average Bonchev–Trinajstić information content (AvgIpc) is 3.87. The lowest BCUT2D eigenvalue weighted by atomic mass is 10.0. The first-order valence-electron chi connectivity index (χ1n) is 23.2. The Hall–Kier alpha value is -6.92. The van der Waals surface area contributed by atoms with Gasteiger partial charge in [-0.1, -0.05) is 23.2 Å². The first-order chi connectivity index (χ1) is 34.3. The first kappa shape index (κ1) is 51.9. The van der Waals surface area contributed by atoms with Gasteiger partial charge in [-0.15, -0.1) is 0 Å². The van der Waals surface area contributed by atoms with Crippen LogP contribution in [0.15, 0.2) is 94.5 Å². The van der Waals surface area contributed by atoms with E-state index in [1.165, 1.54) is 12.3 Å². The minimum atomic E-state index is -4.50. The molecule has 0 radical (unpaired) electrons. The number of likely N-dealkylation sites (tertiary alicyclic amines) is 1. The molecular weight excluding hydrogens is 929 g/mol. The van der Waals surface area contributed by atoms with Gasteiger partial charge in [0.2, 0.25) is 0 Å². The van der Waals surface area contributed by atoms with Gasteiger partial charge >= 0.3 is 6.18 Å². The molecule has 4 aromatic heterocycles. The summed E-state index contributed by atoms with van der Waals surface area (Å²) in [7, 11) is 1.85. The Morgan fingerprint density at radius 3 is 2.41 bits per heavy atom. The van der Waals surface area contributed by atoms with E-state index in [2.05, 4.69) is 37.9 Å². The molecule has 20 heteroatoms. The number of ether oxygens (including phenoxy) is 5. The molecule has 1 amide bonds. The van der Waals surface area contributed by atoms with Crippen LogP contribution in [0.1, 0.15) is 29.1 Å². The lowest BCUT2D eigenvalue weighted by Gasteiger charge is -2.33. The van der Waals surface area contributed by atoms with Crippen LogP contribution < -0.4 is 31.0 Å². The molecule has 0 saturated carbocycles. The highest BCUT2D eigenvalue weighted by Gasteiger charge is 2.31. The monoisotopic (exact) mass is 986 g/mol. The fourth-order valence-corrected chi connectivity index (χ4v) is 7.94. The summed E-state index contributed by atoms with van der Waals surface area (Å²) in [6, 6.07) is 20.4. The number of aryl methyl sites for hydroxylation is 2. The second-order valence-electron chi connectivity index (χ2n) is 16.9. The number of pyridine rings is 2. The van der Waals surface area contributed by atoms with Crippen molar-refractivity contribution in [2.75, 3.05) is 96.7 Å². The fraction of sp³-hybridized carbons (Fsp3) is 0.412. The van der Waals surface area contributed by atoms with Gasteiger partial charge in [0, 0.05) is 66.0 Å². The number of fused-ring (bicyclic) bond motifs is 1. The van der Waals surface area contributed by atoms with Crippen molar-refractivity contribution in [1.29, 1.82) is 0 Å². The van der Waals surface area contributed by atoms with E-state index in [0.29, 0.717) is 101 Å². The molecule has 0 aliphatic carbocycles. The predicted octanol–water partition coefficient (Wildman–Crippen LogP) is 6.62. The van der Waals surface area contributed by atoms with Crippen molar-refractivity contribution in [3.63, 3.8) is 0 Å². The van der Waals surface area contributed by atoms with Gasteiger partial charge in [-0.2, -0.15) is 13.2 Å². The third-order valence-corrected chi connectivity index (χ3v) is 11.4. The zero-order valence-electron chi connectivity index (χ0n) is 39.9. The van der Waals surface area contributed by atoms with Crippen LogP contribution >= 0.6 is 0 Å². The van der Waals surface area contributed by atoms with Crippen molar-refractivity contribution < 1.29 is 50.6 Å². The molecule has 1 saturated heterocycles. The van der Waals surface area contributed by atoms with Crippen LogP contribution in [0, 0.1) is 25.7 Å². The maximum Gasteiger partial charge on any atom is 0.406 e. The van der Waals surface area contributed by atoms with E-state index in [1.807, 2.05) is 37.9 Å². The van der Waals surface area contributed by atoms with Crippen LogP contribution in [0.2, 0.25) is 0 Å². The Balaban J connectivity index is 0.718. The third-order valence-electron chi connectivity index (χ3n) is 11.4. The number of carbonyl (C=O) groups is 1. The molecule has 0 unspecified atom stereocenters. The van der Waals surface area contributed by atoms with E-state index in [1.54, 1.807) is 65.4 Å². The van der Waals surface area contributed by atoms with Crippen LogP contribution in [0.25, 0.3) is 22.2 Å². The molecule has 71 heavy (non-hydrogen) atoms. The number of aromatic nitrogens is 4. The van der Waals surface area contributed by atoms with Gasteiger partial charge in [-0.05, 0) is 93.4 Å². The largest absolute Gasteiger partial charge is 0.491 e. The van der Waals surface area contributed by atoms with Crippen LogP contribution in [0.3, 0.4) is 0 Å². The van der Waals surface area contributed by atoms with Gasteiger partial charge in [0.15, 0.2) is 6.61 Å². The molecule has 3 N–H and O–H groups in total. The molecule has 7 rings (SSSR count). The number of hydrogen-bond acceptors (Lipinski definition) is 13. The zero-order valence-corrected chi connectivity index (χ0v) is 39.9. The minimum absolute atomic E-state index is 0.123. The number of rotatable bonds is 24. The molecule has 378 valence electrons.